The molecule has 4 aromatic rings. The monoisotopic (exact) mass is 401 g/mol. The highest BCUT2D eigenvalue weighted by atomic mass is 19.1. The lowest BCUT2D eigenvalue weighted by molar-refractivity contribution is 0.628. The quantitative estimate of drug-likeness (QED) is 0.507. The van der Waals surface area contributed by atoms with Crippen molar-refractivity contribution in [2.45, 2.75) is 13.8 Å². The molecule has 0 bridgehead atoms. The molecule has 0 saturated carbocycles. The molecule has 1 aliphatic rings. The van der Waals surface area contributed by atoms with Crippen molar-refractivity contribution in [3.05, 3.63) is 77.9 Å². The van der Waals surface area contributed by atoms with Crippen LogP contribution in [0.4, 0.5) is 15.9 Å². The lowest BCUT2D eigenvalue weighted by atomic mass is 10.1. The van der Waals surface area contributed by atoms with Crippen molar-refractivity contribution in [2.24, 2.45) is 0 Å². The second-order valence-corrected chi connectivity index (χ2v) is 7.88. The van der Waals surface area contributed by atoms with E-state index in [4.69, 9.17) is 0 Å². The summed E-state index contributed by atoms with van der Waals surface area (Å²) >= 11 is 0. The van der Waals surface area contributed by atoms with Crippen LogP contribution in [0.5, 0.6) is 0 Å². The Morgan fingerprint density at radius 2 is 1.60 bits per heavy atom. The Kier molecular flexibility index (Phi) is 4.62. The number of aryl methyl sites for hydroxylation is 2. The van der Waals surface area contributed by atoms with Crippen LogP contribution in [0.25, 0.3) is 16.8 Å². The van der Waals surface area contributed by atoms with Crippen LogP contribution in [0, 0.1) is 19.7 Å². The molecule has 1 fully saturated rings. The van der Waals surface area contributed by atoms with Gasteiger partial charge in [0.2, 0.25) is 0 Å². The highest BCUT2D eigenvalue weighted by Gasteiger charge is 2.22. The second-order valence-electron chi connectivity index (χ2n) is 7.88. The van der Waals surface area contributed by atoms with E-state index in [1.165, 1.54) is 28.9 Å². The number of aromatic nitrogens is 3. The predicted molar refractivity (Wildman–Crippen MR) is 119 cm³/mol. The first-order valence-corrected chi connectivity index (χ1v) is 10.3. The number of halogens is 1. The molecule has 2 aromatic heterocycles. The fourth-order valence-electron chi connectivity index (χ4n) is 4.23. The molecule has 6 heteroatoms. The van der Waals surface area contributed by atoms with E-state index in [0.717, 1.165) is 48.8 Å². The molecular formula is C24H24FN5. The topological polar surface area (TPSA) is 36.7 Å². The summed E-state index contributed by atoms with van der Waals surface area (Å²) in [7, 11) is 0. The molecule has 30 heavy (non-hydrogen) atoms. The van der Waals surface area contributed by atoms with Gasteiger partial charge in [-0.05, 0) is 55.8 Å². The molecule has 5 nitrogen and oxygen atoms in total. The van der Waals surface area contributed by atoms with E-state index in [2.05, 4.69) is 51.9 Å². The summed E-state index contributed by atoms with van der Waals surface area (Å²) in [4.78, 5) is 9.44. The van der Waals surface area contributed by atoms with Crippen molar-refractivity contribution in [1.29, 1.82) is 0 Å². The van der Waals surface area contributed by atoms with Gasteiger partial charge in [-0.3, -0.25) is 0 Å². The average Bonchev–Trinajstić information content (AvgIpc) is 3.19. The standard InChI is InChI=1S/C24H24FN5/c1-17-3-8-22(18(2)15-17)28-11-13-29(14-12-28)24-23-16-21(27-30(23)10-9-26-24)19-4-6-20(25)7-5-19/h3-10,15-16H,11-14H2,1-2H3. The van der Waals surface area contributed by atoms with E-state index in [9.17, 15) is 4.39 Å². The van der Waals surface area contributed by atoms with Crippen molar-refractivity contribution < 1.29 is 4.39 Å². The van der Waals surface area contributed by atoms with Crippen LogP contribution < -0.4 is 9.80 Å². The van der Waals surface area contributed by atoms with E-state index in [1.54, 1.807) is 18.3 Å². The Morgan fingerprint density at radius 3 is 2.33 bits per heavy atom. The minimum Gasteiger partial charge on any atom is -0.368 e. The zero-order valence-corrected chi connectivity index (χ0v) is 17.2. The molecule has 1 saturated heterocycles. The molecule has 0 atom stereocenters. The number of piperazine rings is 1. The van der Waals surface area contributed by atoms with E-state index < -0.39 is 0 Å². The Labute approximate surface area is 175 Å². The lowest BCUT2D eigenvalue weighted by Crippen LogP contribution is -2.47. The summed E-state index contributed by atoms with van der Waals surface area (Å²) in [5.74, 6) is 0.699. The molecule has 0 spiro atoms. The molecule has 0 N–H and O–H groups in total. The fraction of sp³-hybridized carbons (Fsp3) is 0.250. The number of hydrogen-bond acceptors (Lipinski definition) is 4. The number of nitrogens with zero attached hydrogens (tertiary/aromatic N) is 5. The molecule has 152 valence electrons. The normalized spacial score (nSPS) is 14.5. The van der Waals surface area contributed by atoms with Gasteiger partial charge in [0.05, 0.1) is 5.69 Å². The van der Waals surface area contributed by atoms with Crippen LogP contribution in [0.15, 0.2) is 60.9 Å². The SMILES string of the molecule is Cc1ccc(N2CCN(c3nccn4nc(-c5ccc(F)cc5)cc34)CC2)c(C)c1. The lowest BCUT2D eigenvalue weighted by Gasteiger charge is -2.37. The molecule has 2 aromatic carbocycles. The number of fused-ring (bicyclic) bond motifs is 1. The Morgan fingerprint density at radius 1 is 0.867 bits per heavy atom. The largest absolute Gasteiger partial charge is 0.368 e. The first-order chi connectivity index (χ1) is 14.6. The molecule has 0 unspecified atom stereocenters. The molecule has 3 heterocycles. The van der Waals surface area contributed by atoms with Gasteiger partial charge in [0, 0.05) is 49.8 Å². The molecule has 1 aliphatic heterocycles. The van der Waals surface area contributed by atoms with Gasteiger partial charge in [0.15, 0.2) is 5.82 Å². The summed E-state index contributed by atoms with van der Waals surface area (Å²) in [5, 5.41) is 4.67. The first kappa shape index (κ1) is 18.6. The van der Waals surface area contributed by atoms with Gasteiger partial charge in [0.25, 0.3) is 0 Å². The fourth-order valence-corrected chi connectivity index (χ4v) is 4.23. The van der Waals surface area contributed by atoms with Crippen LogP contribution in [0.1, 0.15) is 11.1 Å². The summed E-state index contributed by atoms with van der Waals surface area (Å²) in [6.07, 6.45) is 3.65. The smallest absolute Gasteiger partial charge is 0.154 e. The third-order valence-corrected chi connectivity index (χ3v) is 5.78. The van der Waals surface area contributed by atoms with E-state index >= 15 is 0 Å². The zero-order chi connectivity index (χ0) is 20.7. The number of rotatable bonds is 3. The Balaban J connectivity index is 1.40. The van der Waals surface area contributed by atoms with Gasteiger partial charge in [-0.1, -0.05) is 17.7 Å². The van der Waals surface area contributed by atoms with Gasteiger partial charge < -0.3 is 9.80 Å². The number of benzene rings is 2. The first-order valence-electron chi connectivity index (χ1n) is 10.3. The van der Waals surface area contributed by atoms with Crippen molar-refractivity contribution >= 4 is 17.0 Å². The molecule has 0 aliphatic carbocycles. The highest BCUT2D eigenvalue weighted by Crippen LogP contribution is 2.28. The minimum absolute atomic E-state index is 0.244. The maximum Gasteiger partial charge on any atom is 0.154 e. The predicted octanol–water partition coefficient (Wildman–Crippen LogP) is 4.48. The minimum atomic E-state index is -0.244. The van der Waals surface area contributed by atoms with Gasteiger partial charge in [-0.15, -0.1) is 0 Å². The maximum atomic E-state index is 13.3. The van der Waals surface area contributed by atoms with Gasteiger partial charge in [-0.25, -0.2) is 13.9 Å². The third kappa shape index (κ3) is 3.38. The van der Waals surface area contributed by atoms with Crippen LogP contribution >= 0.6 is 0 Å². The van der Waals surface area contributed by atoms with E-state index in [0.29, 0.717) is 0 Å². The van der Waals surface area contributed by atoms with Crippen LogP contribution in [0.3, 0.4) is 0 Å². The van der Waals surface area contributed by atoms with Crippen molar-refractivity contribution in [3.8, 4) is 11.3 Å². The molecule has 0 radical (unpaired) electrons. The maximum absolute atomic E-state index is 13.3. The third-order valence-electron chi connectivity index (χ3n) is 5.78. The van der Waals surface area contributed by atoms with Crippen molar-refractivity contribution in [1.82, 2.24) is 14.6 Å². The van der Waals surface area contributed by atoms with Crippen LogP contribution in [-0.4, -0.2) is 40.8 Å². The van der Waals surface area contributed by atoms with Gasteiger partial charge in [0.1, 0.15) is 11.3 Å². The molecular weight excluding hydrogens is 377 g/mol. The van der Waals surface area contributed by atoms with E-state index in [1.807, 2.05) is 16.8 Å². The van der Waals surface area contributed by atoms with E-state index in [-0.39, 0.29) is 5.82 Å². The van der Waals surface area contributed by atoms with Gasteiger partial charge in [-0.2, -0.15) is 5.10 Å². The van der Waals surface area contributed by atoms with Crippen LogP contribution in [0.2, 0.25) is 0 Å². The summed E-state index contributed by atoms with van der Waals surface area (Å²) < 4.78 is 15.1. The number of anilines is 2. The molecule has 0 amide bonds. The number of hydrogen-bond donors (Lipinski definition) is 0. The van der Waals surface area contributed by atoms with Crippen molar-refractivity contribution in [3.63, 3.8) is 0 Å². The summed E-state index contributed by atoms with van der Waals surface area (Å²) in [6, 6.07) is 15.1. The van der Waals surface area contributed by atoms with Gasteiger partial charge >= 0.3 is 0 Å². The summed E-state index contributed by atoms with van der Waals surface area (Å²) in [5.41, 5.74) is 6.61. The van der Waals surface area contributed by atoms with Crippen molar-refractivity contribution in [2.75, 3.05) is 36.0 Å². The average molecular weight is 401 g/mol. The Bertz CT molecular complexity index is 1190. The zero-order valence-electron chi connectivity index (χ0n) is 17.2. The highest BCUT2D eigenvalue weighted by molar-refractivity contribution is 5.75. The Hall–Kier alpha value is -3.41. The summed E-state index contributed by atoms with van der Waals surface area (Å²) in [6.45, 7) is 8.01. The van der Waals surface area contributed by atoms with Crippen LogP contribution in [-0.2, 0) is 0 Å². The molecule has 5 rings (SSSR count). The second kappa shape index (κ2) is 7.44.